The number of hydrogen-bond acceptors (Lipinski definition) is 0. The van der Waals surface area contributed by atoms with Gasteiger partial charge in [0, 0.05) is 5.41 Å². The molecule has 0 amide bonds. The summed E-state index contributed by atoms with van der Waals surface area (Å²) in [5, 5.41) is 0. The molecule has 0 aromatic heterocycles. The predicted octanol–water partition coefficient (Wildman–Crippen LogP) is 3.48. The Balaban J connectivity index is 1.75. The fourth-order valence-electron chi connectivity index (χ4n) is 7.04. The molecule has 6 unspecified atom stereocenters. The second kappa shape index (κ2) is 1.79. The van der Waals surface area contributed by atoms with Crippen molar-refractivity contribution in [3.63, 3.8) is 0 Å². The Kier molecular flexibility index (Phi) is 0.934. The average Bonchev–Trinajstić information content (AvgIpc) is 3.01. The van der Waals surface area contributed by atoms with Gasteiger partial charge < -0.3 is 0 Å². The molecule has 0 nitrogen and oxygen atoms in total. The molecular weight excluding hydrogens is 192 g/mol. The summed E-state index contributed by atoms with van der Waals surface area (Å²) in [5.41, 5.74) is 3.58. The van der Waals surface area contributed by atoms with Crippen LogP contribution in [0, 0.1) is 34.5 Å². The molecule has 5 aliphatic carbocycles. The molecular formula is C16H18. The van der Waals surface area contributed by atoms with E-state index in [2.05, 4.69) is 51.1 Å². The van der Waals surface area contributed by atoms with Gasteiger partial charge in [-0.2, -0.15) is 0 Å². The van der Waals surface area contributed by atoms with Gasteiger partial charge in [-0.1, -0.05) is 51.1 Å². The highest BCUT2D eigenvalue weighted by Gasteiger charge is 3.06. The van der Waals surface area contributed by atoms with E-state index < -0.39 is 0 Å². The minimum absolute atomic E-state index is 0.618. The van der Waals surface area contributed by atoms with Gasteiger partial charge >= 0.3 is 0 Å². The summed E-state index contributed by atoms with van der Waals surface area (Å²) in [6.45, 7) is 7.62. The van der Waals surface area contributed by atoms with Crippen molar-refractivity contribution in [2.24, 2.45) is 34.5 Å². The van der Waals surface area contributed by atoms with Gasteiger partial charge in [-0.05, 0) is 40.1 Å². The van der Waals surface area contributed by atoms with Gasteiger partial charge in [0.25, 0.3) is 0 Å². The Hall–Kier alpha value is -0.780. The topological polar surface area (TPSA) is 0 Å². The summed E-state index contributed by atoms with van der Waals surface area (Å²) in [6, 6.07) is 11.4. The first-order chi connectivity index (χ1) is 7.59. The second-order valence-corrected chi connectivity index (χ2v) is 7.35. The molecule has 5 saturated carbocycles. The lowest BCUT2D eigenvalue weighted by atomic mass is 9.69. The Bertz CT molecular complexity index is 514. The van der Waals surface area contributed by atoms with Gasteiger partial charge in [0.05, 0.1) is 0 Å². The number of hydrogen-bond donors (Lipinski definition) is 0. The van der Waals surface area contributed by atoms with Crippen LogP contribution in [0.25, 0.3) is 0 Å². The van der Waals surface area contributed by atoms with Crippen LogP contribution in [0.4, 0.5) is 0 Å². The van der Waals surface area contributed by atoms with E-state index in [1.807, 2.05) is 0 Å². The van der Waals surface area contributed by atoms with Gasteiger partial charge in [0.2, 0.25) is 0 Å². The van der Waals surface area contributed by atoms with Crippen molar-refractivity contribution < 1.29 is 0 Å². The SMILES string of the molecule is CC1(C)C2C3C4C1C4(c1ccccc1)C32C. The van der Waals surface area contributed by atoms with E-state index in [1.54, 1.807) is 5.56 Å². The zero-order valence-electron chi connectivity index (χ0n) is 10.2. The Labute approximate surface area is 97.1 Å². The van der Waals surface area contributed by atoms with Crippen molar-refractivity contribution in [1.82, 2.24) is 0 Å². The van der Waals surface area contributed by atoms with Crippen LogP contribution in [0.5, 0.6) is 0 Å². The summed E-state index contributed by atoms with van der Waals surface area (Å²) in [5.74, 6) is 4.19. The number of rotatable bonds is 1. The summed E-state index contributed by atoms with van der Waals surface area (Å²) in [6.07, 6.45) is 0. The fraction of sp³-hybridized carbons (Fsp3) is 0.625. The smallest absolute Gasteiger partial charge is 0.00833 e. The Morgan fingerprint density at radius 1 is 0.875 bits per heavy atom. The van der Waals surface area contributed by atoms with E-state index in [1.165, 1.54) is 0 Å². The van der Waals surface area contributed by atoms with Crippen LogP contribution in [0.1, 0.15) is 26.3 Å². The van der Waals surface area contributed by atoms with Gasteiger partial charge in [-0.15, -0.1) is 0 Å². The standard InChI is InChI=1S/C16H18/c1-14(2)12-10-11-13(14)16(11,15(10,12)3)9-7-5-4-6-8-9/h4-8,10-13H,1-3H3. The quantitative estimate of drug-likeness (QED) is 0.665. The maximum Gasteiger partial charge on any atom is 0.00833 e. The Morgan fingerprint density at radius 2 is 1.56 bits per heavy atom. The monoisotopic (exact) mass is 210 g/mol. The van der Waals surface area contributed by atoms with Crippen molar-refractivity contribution in [1.29, 1.82) is 0 Å². The zero-order valence-corrected chi connectivity index (χ0v) is 10.2. The van der Waals surface area contributed by atoms with Crippen LogP contribution < -0.4 is 0 Å². The van der Waals surface area contributed by atoms with Crippen LogP contribution in [-0.2, 0) is 5.41 Å². The van der Waals surface area contributed by atoms with Gasteiger partial charge in [0.15, 0.2) is 0 Å². The third-order valence-corrected chi connectivity index (χ3v) is 6.99. The van der Waals surface area contributed by atoms with Crippen molar-refractivity contribution in [2.75, 3.05) is 0 Å². The van der Waals surface area contributed by atoms with E-state index in [-0.39, 0.29) is 0 Å². The van der Waals surface area contributed by atoms with E-state index in [4.69, 9.17) is 0 Å². The first-order valence-electron chi connectivity index (χ1n) is 6.64. The highest BCUT2D eigenvalue weighted by Crippen LogP contribution is 3.08. The van der Waals surface area contributed by atoms with Gasteiger partial charge in [-0.3, -0.25) is 0 Å². The molecule has 0 saturated heterocycles. The Morgan fingerprint density at radius 3 is 2.00 bits per heavy atom. The first kappa shape index (κ1) is 8.33. The molecule has 1 aromatic carbocycles. The molecule has 0 heteroatoms. The highest BCUT2D eigenvalue weighted by molar-refractivity contribution is 5.62. The lowest BCUT2D eigenvalue weighted by Crippen LogP contribution is -2.32. The molecule has 0 spiro atoms. The van der Waals surface area contributed by atoms with Crippen molar-refractivity contribution in [3.05, 3.63) is 35.9 Å². The molecule has 5 fully saturated rings. The normalized spacial score (nSPS) is 61.2. The van der Waals surface area contributed by atoms with Gasteiger partial charge in [0.1, 0.15) is 0 Å². The fourth-order valence-corrected chi connectivity index (χ4v) is 7.04. The summed E-state index contributed by atoms with van der Waals surface area (Å²) in [7, 11) is 0. The average molecular weight is 210 g/mol. The molecule has 1 aromatic rings. The minimum atomic E-state index is 0.618. The van der Waals surface area contributed by atoms with Crippen LogP contribution in [0.2, 0.25) is 0 Å². The summed E-state index contributed by atoms with van der Waals surface area (Å²) >= 11 is 0. The minimum Gasteiger partial charge on any atom is -0.0622 e. The molecule has 6 atom stereocenters. The maximum atomic E-state index is 2.57. The molecule has 2 bridgehead atoms. The van der Waals surface area contributed by atoms with Crippen LogP contribution in [-0.4, -0.2) is 0 Å². The largest absolute Gasteiger partial charge is 0.0622 e. The maximum absolute atomic E-state index is 2.57. The third-order valence-electron chi connectivity index (χ3n) is 6.99. The summed E-state index contributed by atoms with van der Waals surface area (Å²) in [4.78, 5) is 0. The molecule has 6 rings (SSSR count). The lowest BCUT2D eigenvalue weighted by molar-refractivity contribution is 0.240. The highest BCUT2D eigenvalue weighted by atomic mass is 15.1. The predicted molar refractivity (Wildman–Crippen MR) is 64.0 cm³/mol. The van der Waals surface area contributed by atoms with Crippen molar-refractivity contribution in [3.8, 4) is 0 Å². The molecule has 0 radical (unpaired) electrons. The van der Waals surface area contributed by atoms with E-state index >= 15 is 0 Å². The molecule has 16 heavy (non-hydrogen) atoms. The van der Waals surface area contributed by atoms with E-state index in [9.17, 15) is 0 Å². The van der Waals surface area contributed by atoms with Crippen LogP contribution in [0.15, 0.2) is 30.3 Å². The van der Waals surface area contributed by atoms with E-state index in [0.717, 1.165) is 23.7 Å². The summed E-state index contributed by atoms with van der Waals surface area (Å²) < 4.78 is 0. The molecule has 0 heterocycles. The van der Waals surface area contributed by atoms with E-state index in [0.29, 0.717) is 16.2 Å². The zero-order chi connectivity index (χ0) is 10.9. The first-order valence-corrected chi connectivity index (χ1v) is 6.64. The van der Waals surface area contributed by atoms with Gasteiger partial charge in [-0.25, -0.2) is 0 Å². The molecule has 82 valence electrons. The van der Waals surface area contributed by atoms with Crippen molar-refractivity contribution in [2.45, 2.75) is 26.2 Å². The second-order valence-electron chi connectivity index (χ2n) is 7.35. The molecule has 5 aliphatic rings. The molecule has 0 N–H and O–H groups in total. The van der Waals surface area contributed by atoms with Crippen LogP contribution in [0.3, 0.4) is 0 Å². The third kappa shape index (κ3) is 0.450. The van der Waals surface area contributed by atoms with Crippen molar-refractivity contribution >= 4 is 0 Å². The van der Waals surface area contributed by atoms with Crippen LogP contribution >= 0.6 is 0 Å². The lowest BCUT2D eigenvalue weighted by Gasteiger charge is -2.34. The number of benzene rings is 1. The molecule has 0 aliphatic heterocycles.